The predicted molar refractivity (Wildman–Crippen MR) is 97.2 cm³/mol. The Kier molecular flexibility index (Phi) is 4.61. The van der Waals surface area contributed by atoms with Crippen LogP contribution in [-0.2, 0) is 10.0 Å². The second-order valence-corrected chi connectivity index (χ2v) is 9.50. The number of sulfonamides is 1. The molecule has 3 aromatic rings. The van der Waals surface area contributed by atoms with Crippen molar-refractivity contribution < 1.29 is 21.7 Å². The largest absolute Gasteiger partial charge is 0.355 e. The van der Waals surface area contributed by atoms with E-state index in [0.29, 0.717) is 4.88 Å². The molecule has 27 heavy (non-hydrogen) atoms. The second kappa shape index (κ2) is 6.81. The van der Waals surface area contributed by atoms with Gasteiger partial charge in [-0.2, -0.15) is 0 Å². The summed E-state index contributed by atoms with van der Waals surface area (Å²) in [5.41, 5.74) is 1.30. The van der Waals surface area contributed by atoms with Crippen molar-refractivity contribution >= 4 is 21.4 Å². The minimum absolute atomic E-state index is 0.116. The molecule has 3 atom stereocenters. The fourth-order valence-corrected chi connectivity index (χ4v) is 5.80. The summed E-state index contributed by atoms with van der Waals surface area (Å²) >= 11 is 0.968. The lowest BCUT2D eigenvalue weighted by Crippen LogP contribution is -2.27. The van der Waals surface area contributed by atoms with Gasteiger partial charge in [-0.15, -0.1) is 11.3 Å². The molecule has 5 nitrogen and oxygen atoms in total. The molecule has 9 heteroatoms. The molecule has 1 saturated carbocycles. The van der Waals surface area contributed by atoms with Gasteiger partial charge in [-0.05, 0) is 23.6 Å². The summed E-state index contributed by atoms with van der Waals surface area (Å²) in [5, 5.41) is 3.58. The highest BCUT2D eigenvalue weighted by atomic mass is 32.2. The van der Waals surface area contributed by atoms with Gasteiger partial charge in [-0.1, -0.05) is 42.4 Å². The minimum Gasteiger partial charge on any atom is -0.355 e. The summed E-state index contributed by atoms with van der Waals surface area (Å²) in [6.07, 6.45) is -2.76. The van der Waals surface area contributed by atoms with E-state index >= 15 is 0 Å². The molecule has 1 aliphatic rings. The minimum atomic E-state index is -3.71. The number of hydrogen-bond acceptors (Lipinski definition) is 5. The topological polar surface area (TPSA) is 72.2 Å². The highest BCUT2D eigenvalue weighted by Gasteiger charge is 2.49. The van der Waals surface area contributed by atoms with E-state index in [1.165, 1.54) is 12.1 Å². The van der Waals surface area contributed by atoms with Gasteiger partial charge in [0.25, 0.3) is 6.43 Å². The first-order valence-electron chi connectivity index (χ1n) is 8.29. The van der Waals surface area contributed by atoms with Crippen molar-refractivity contribution in [2.75, 3.05) is 0 Å². The third-order valence-electron chi connectivity index (χ3n) is 4.70. The van der Waals surface area contributed by atoms with Crippen LogP contribution in [0, 0.1) is 5.92 Å². The Labute approximate surface area is 159 Å². The van der Waals surface area contributed by atoms with Gasteiger partial charge in [-0.3, -0.25) is 0 Å². The van der Waals surface area contributed by atoms with E-state index in [1.54, 1.807) is 0 Å². The SMILES string of the molecule is C[C@H]1[C@H](NS(=O)(=O)c2ccc(-c3cc(C(F)F)on3)s2)[C@H]1c1ccccc1. The lowest BCUT2D eigenvalue weighted by molar-refractivity contribution is 0.112. The highest BCUT2D eigenvalue weighted by Crippen LogP contribution is 2.48. The number of nitrogens with one attached hydrogen (secondary N) is 1. The number of thiophene rings is 1. The number of halogens is 2. The normalized spacial score (nSPS) is 22.3. The molecule has 0 aliphatic heterocycles. The van der Waals surface area contributed by atoms with Crippen LogP contribution in [0.4, 0.5) is 8.78 Å². The van der Waals surface area contributed by atoms with Crippen LogP contribution in [-0.4, -0.2) is 19.6 Å². The fraction of sp³-hybridized carbons (Fsp3) is 0.278. The Balaban J connectivity index is 1.51. The van der Waals surface area contributed by atoms with Crippen LogP contribution >= 0.6 is 11.3 Å². The molecule has 1 N–H and O–H groups in total. The number of nitrogens with zero attached hydrogens (tertiary/aromatic N) is 1. The van der Waals surface area contributed by atoms with Gasteiger partial charge in [0.05, 0.1) is 4.88 Å². The van der Waals surface area contributed by atoms with E-state index in [-0.39, 0.29) is 27.8 Å². The molecular weight excluding hydrogens is 394 g/mol. The van der Waals surface area contributed by atoms with E-state index in [1.807, 2.05) is 37.3 Å². The van der Waals surface area contributed by atoms with Crippen molar-refractivity contribution in [3.05, 3.63) is 59.9 Å². The van der Waals surface area contributed by atoms with Crippen molar-refractivity contribution in [3.8, 4) is 10.6 Å². The quantitative estimate of drug-likeness (QED) is 0.653. The maximum absolute atomic E-state index is 12.7. The summed E-state index contributed by atoms with van der Waals surface area (Å²) in [4.78, 5) is 0.453. The van der Waals surface area contributed by atoms with Crippen LogP contribution in [0.1, 0.15) is 30.6 Å². The smallest absolute Gasteiger partial charge is 0.298 e. The summed E-state index contributed by atoms with van der Waals surface area (Å²) in [7, 11) is -3.71. The number of aromatic nitrogens is 1. The molecule has 4 rings (SSSR count). The zero-order chi connectivity index (χ0) is 19.2. The van der Waals surface area contributed by atoms with E-state index in [0.717, 1.165) is 23.0 Å². The first-order chi connectivity index (χ1) is 12.9. The molecule has 1 aliphatic carbocycles. The summed E-state index contributed by atoms with van der Waals surface area (Å²) in [6.45, 7) is 2.01. The van der Waals surface area contributed by atoms with Crippen LogP contribution in [0.2, 0.25) is 0 Å². The Morgan fingerprint density at radius 2 is 1.93 bits per heavy atom. The maximum atomic E-state index is 12.7. The lowest BCUT2D eigenvalue weighted by Gasteiger charge is -2.04. The molecule has 0 spiro atoms. The molecule has 2 aromatic heterocycles. The third kappa shape index (κ3) is 3.54. The van der Waals surface area contributed by atoms with Crippen LogP contribution < -0.4 is 4.72 Å². The van der Waals surface area contributed by atoms with Gasteiger partial charge in [0.15, 0.2) is 0 Å². The molecular formula is C18H16F2N2O3S2. The van der Waals surface area contributed by atoms with E-state index < -0.39 is 22.2 Å². The summed E-state index contributed by atoms with van der Waals surface area (Å²) < 4.78 is 58.1. The monoisotopic (exact) mass is 410 g/mol. The van der Waals surface area contributed by atoms with Gasteiger partial charge in [0.1, 0.15) is 9.90 Å². The molecule has 0 amide bonds. The predicted octanol–water partition coefficient (Wildman–Crippen LogP) is 4.42. The Morgan fingerprint density at radius 1 is 1.19 bits per heavy atom. The molecule has 142 valence electrons. The summed E-state index contributed by atoms with van der Waals surface area (Å²) in [6, 6.07) is 13.7. The average Bonchev–Trinajstić information content (AvgIpc) is 3.10. The van der Waals surface area contributed by atoms with Crippen molar-refractivity contribution in [1.29, 1.82) is 0 Å². The molecule has 1 aromatic carbocycles. The zero-order valence-electron chi connectivity index (χ0n) is 14.2. The first-order valence-corrected chi connectivity index (χ1v) is 10.6. The highest BCUT2D eigenvalue weighted by molar-refractivity contribution is 7.91. The van der Waals surface area contributed by atoms with Crippen LogP contribution in [0.3, 0.4) is 0 Å². The number of alkyl halides is 2. The van der Waals surface area contributed by atoms with Crippen molar-refractivity contribution in [2.45, 2.75) is 29.5 Å². The van der Waals surface area contributed by atoms with Gasteiger partial charge in [0, 0.05) is 18.0 Å². The fourth-order valence-electron chi connectivity index (χ4n) is 3.18. The molecule has 0 radical (unpaired) electrons. The molecule has 0 unspecified atom stereocenters. The van der Waals surface area contributed by atoms with Crippen LogP contribution in [0.15, 0.2) is 57.3 Å². The van der Waals surface area contributed by atoms with E-state index in [9.17, 15) is 17.2 Å². The Morgan fingerprint density at radius 3 is 2.59 bits per heavy atom. The molecule has 2 heterocycles. The average molecular weight is 410 g/mol. The first kappa shape index (κ1) is 18.3. The molecule has 0 bridgehead atoms. The van der Waals surface area contributed by atoms with Gasteiger partial charge >= 0.3 is 0 Å². The zero-order valence-corrected chi connectivity index (χ0v) is 15.8. The Bertz CT molecular complexity index is 1050. The van der Waals surface area contributed by atoms with Gasteiger partial charge in [-0.25, -0.2) is 21.9 Å². The maximum Gasteiger partial charge on any atom is 0.298 e. The lowest BCUT2D eigenvalue weighted by atomic mass is 10.1. The van der Waals surface area contributed by atoms with Gasteiger partial charge in [0.2, 0.25) is 15.8 Å². The summed E-state index contributed by atoms with van der Waals surface area (Å²) in [5.74, 6) is -0.200. The van der Waals surface area contributed by atoms with Crippen LogP contribution in [0.25, 0.3) is 10.6 Å². The van der Waals surface area contributed by atoms with Gasteiger partial charge < -0.3 is 4.52 Å². The number of hydrogen-bond donors (Lipinski definition) is 1. The molecule has 0 saturated heterocycles. The van der Waals surface area contributed by atoms with E-state index in [4.69, 9.17) is 0 Å². The molecule has 1 fully saturated rings. The van der Waals surface area contributed by atoms with E-state index in [2.05, 4.69) is 14.4 Å². The second-order valence-electron chi connectivity index (χ2n) is 6.48. The van der Waals surface area contributed by atoms with Crippen molar-refractivity contribution in [2.24, 2.45) is 5.92 Å². The van der Waals surface area contributed by atoms with Crippen molar-refractivity contribution in [1.82, 2.24) is 9.88 Å². The van der Waals surface area contributed by atoms with Crippen molar-refractivity contribution in [3.63, 3.8) is 0 Å². The number of rotatable bonds is 6. The standard InChI is InChI=1S/C18H16F2N2O3S2/c1-10-16(11-5-3-2-4-6-11)17(10)22-27(23,24)15-8-7-14(26-15)12-9-13(18(19)20)25-21-12/h2-10,16-18,22H,1H3/t10-,16-,17+/m1/s1. The van der Waals surface area contributed by atoms with Crippen LogP contribution in [0.5, 0.6) is 0 Å². The Hall–Kier alpha value is -2.10. The number of benzene rings is 1. The third-order valence-corrected chi connectivity index (χ3v) is 7.76.